The maximum absolute atomic E-state index is 12.1. The van der Waals surface area contributed by atoms with Gasteiger partial charge in [-0.2, -0.15) is 0 Å². The summed E-state index contributed by atoms with van der Waals surface area (Å²) in [5.41, 5.74) is -1.47. The summed E-state index contributed by atoms with van der Waals surface area (Å²) in [6.45, 7) is 2.77. The third kappa shape index (κ3) is 1.57. The number of amides is 2. The predicted octanol–water partition coefficient (Wildman–Crippen LogP) is 0.801. The normalized spacial score (nSPS) is 28.5. The Bertz CT molecular complexity index is 398. The number of nitrogens with zero attached hydrogens (tertiary/aromatic N) is 1. The number of aliphatic carboxylic acids is 1. The molecule has 0 radical (unpaired) electrons. The fourth-order valence-electron chi connectivity index (χ4n) is 2.45. The number of carbonyl (C=O) groups is 3. The van der Waals surface area contributed by atoms with Crippen molar-refractivity contribution in [3.05, 3.63) is 12.2 Å². The molecule has 2 rings (SSSR count). The number of carboxylic acid groups (broad SMARTS) is 1. The standard InChI is InChI=1S/C12H15NO4/c1-12(2,11(16)17)13-9(14)7-5-3-4-6-8(7)10(13)15/h3-4,7-8H,5-6H2,1-2H3,(H,16,17)/t7-,8+. The average Bonchev–Trinajstić information content (AvgIpc) is 2.52. The smallest absolute Gasteiger partial charge is 0.329 e. The van der Waals surface area contributed by atoms with Gasteiger partial charge in [-0.25, -0.2) is 4.79 Å². The van der Waals surface area contributed by atoms with E-state index in [9.17, 15) is 14.4 Å². The van der Waals surface area contributed by atoms with Gasteiger partial charge in [-0.3, -0.25) is 14.5 Å². The number of hydrogen-bond donors (Lipinski definition) is 1. The highest BCUT2D eigenvalue weighted by molar-refractivity contribution is 6.08. The van der Waals surface area contributed by atoms with Gasteiger partial charge in [-0.05, 0) is 26.7 Å². The van der Waals surface area contributed by atoms with Crippen molar-refractivity contribution < 1.29 is 19.5 Å². The Morgan fingerprint density at radius 2 is 1.65 bits per heavy atom. The van der Waals surface area contributed by atoms with Crippen LogP contribution in [0.2, 0.25) is 0 Å². The number of allylic oxidation sites excluding steroid dienone is 2. The van der Waals surface area contributed by atoms with Gasteiger partial charge in [-0.15, -0.1) is 0 Å². The first-order chi connectivity index (χ1) is 7.87. The van der Waals surface area contributed by atoms with Crippen LogP contribution >= 0.6 is 0 Å². The van der Waals surface area contributed by atoms with Crippen LogP contribution in [0.5, 0.6) is 0 Å². The molecule has 1 aliphatic heterocycles. The van der Waals surface area contributed by atoms with Crippen LogP contribution in [0.1, 0.15) is 26.7 Å². The topological polar surface area (TPSA) is 74.7 Å². The number of rotatable bonds is 2. The van der Waals surface area contributed by atoms with Crippen LogP contribution in [0, 0.1) is 11.8 Å². The third-order valence-corrected chi connectivity index (χ3v) is 3.59. The van der Waals surface area contributed by atoms with E-state index in [0.717, 1.165) is 4.90 Å². The number of fused-ring (bicyclic) bond motifs is 1. The molecule has 0 aromatic heterocycles. The largest absolute Gasteiger partial charge is 0.480 e. The van der Waals surface area contributed by atoms with E-state index in [2.05, 4.69) is 0 Å². The van der Waals surface area contributed by atoms with Gasteiger partial charge in [0.2, 0.25) is 11.8 Å². The number of carboxylic acids is 1. The molecule has 5 nitrogen and oxygen atoms in total. The maximum Gasteiger partial charge on any atom is 0.329 e. The van der Waals surface area contributed by atoms with Crippen LogP contribution in [0.4, 0.5) is 0 Å². The van der Waals surface area contributed by atoms with Crippen LogP contribution in [0.15, 0.2) is 12.2 Å². The molecule has 2 amide bonds. The lowest BCUT2D eigenvalue weighted by Gasteiger charge is -2.29. The van der Waals surface area contributed by atoms with Crippen LogP contribution in [-0.2, 0) is 14.4 Å². The lowest BCUT2D eigenvalue weighted by Crippen LogP contribution is -2.53. The Morgan fingerprint density at radius 1 is 1.24 bits per heavy atom. The Morgan fingerprint density at radius 3 is 2.00 bits per heavy atom. The van der Waals surface area contributed by atoms with Crippen molar-refractivity contribution in [2.24, 2.45) is 11.8 Å². The van der Waals surface area contributed by atoms with Crippen molar-refractivity contribution in [2.75, 3.05) is 0 Å². The van der Waals surface area contributed by atoms with E-state index in [1.807, 2.05) is 12.2 Å². The van der Waals surface area contributed by atoms with Crippen molar-refractivity contribution in [1.29, 1.82) is 0 Å². The van der Waals surface area contributed by atoms with E-state index in [4.69, 9.17) is 5.11 Å². The molecule has 2 atom stereocenters. The Kier molecular flexibility index (Phi) is 2.56. The van der Waals surface area contributed by atoms with Gasteiger partial charge in [0.25, 0.3) is 0 Å². The highest BCUT2D eigenvalue weighted by atomic mass is 16.4. The van der Waals surface area contributed by atoms with Gasteiger partial charge >= 0.3 is 5.97 Å². The first kappa shape index (κ1) is 11.8. The van der Waals surface area contributed by atoms with E-state index < -0.39 is 11.5 Å². The summed E-state index contributed by atoms with van der Waals surface area (Å²) >= 11 is 0. The number of hydrogen-bond acceptors (Lipinski definition) is 3. The number of imide groups is 1. The molecule has 1 saturated heterocycles. The molecule has 0 saturated carbocycles. The van der Waals surface area contributed by atoms with Crippen molar-refractivity contribution in [1.82, 2.24) is 4.90 Å². The van der Waals surface area contributed by atoms with Gasteiger partial charge in [-0.1, -0.05) is 12.2 Å². The summed E-state index contributed by atoms with van der Waals surface area (Å²) in [6.07, 6.45) is 4.82. The highest BCUT2D eigenvalue weighted by Crippen LogP contribution is 2.38. The SMILES string of the molecule is CC(C)(C(=O)O)N1C(=O)[C@H]2CC=CC[C@H]2C1=O. The molecule has 0 aromatic rings. The van der Waals surface area contributed by atoms with Gasteiger partial charge in [0.15, 0.2) is 0 Å². The fraction of sp³-hybridized carbons (Fsp3) is 0.583. The minimum atomic E-state index is -1.47. The van der Waals surface area contributed by atoms with E-state index in [1.165, 1.54) is 13.8 Å². The molecule has 1 heterocycles. The quantitative estimate of drug-likeness (QED) is 0.569. The third-order valence-electron chi connectivity index (χ3n) is 3.59. The molecule has 17 heavy (non-hydrogen) atoms. The van der Waals surface area contributed by atoms with Crippen LogP contribution in [0.25, 0.3) is 0 Å². The lowest BCUT2D eigenvalue weighted by atomic mass is 9.85. The van der Waals surface area contributed by atoms with Crippen LogP contribution in [-0.4, -0.2) is 33.3 Å². The summed E-state index contributed by atoms with van der Waals surface area (Å²) in [5.74, 6) is -2.60. The van der Waals surface area contributed by atoms with E-state index in [-0.39, 0.29) is 23.7 Å². The van der Waals surface area contributed by atoms with Gasteiger partial charge in [0.1, 0.15) is 5.54 Å². The van der Waals surface area contributed by atoms with E-state index in [0.29, 0.717) is 12.8 Å². The second kappa shape index (κ2) is 3.68. The molecule has 1 aliphatic carbocycles. The molecular formula is C12H15NO4. The molecule has 5 heteroatoms. The second-order valence-electron chi connectivity index (χ2n) is 5.03. The molecular weight excluding hydrogens is 222 g/mol. The minimum absolute atomic E-state index is 0.350. The zero-order valence-electron chi connectivity index (χ0n) is 9.84. The monoisotopic (exact) mass is 237 g/mol. The molecule has 0 unspecified atom stereocenters. The summed E-state index contributed by atoms with van der Waals surface area (Å²) in [7, 11) is 0. The summed E-state index contributed by atoms with van der Waals surface area (Å²) < 4.78 is 0. The first-order valence-electron chi connectivity index (χ1n) is 5.63. The summed E-state index contributed by atoms with van der Waals surface area (Å²) in [5, 5.41) is 9.11. The molecule has 0 aromatic carbocycles. The Hall–Kier alpha value is -1.65. The second-order valence-corrected chi connectivity index (χ2v) is 5.03. The molecule has 2 aliphatic rings. The zero-order chi connectivity index (χ0) is 12.8. The molecule has 1 N–H and O–H groups in total. The average molecular weight is 237 g/mol. The van der Waals surface area contributed by atoms with Crippen molar-refractivity contribution in [3.8, 4) is 0 Å². The van der Waals surface area contributed by atoms with E-state index in [1.54, 1.807) is 0 Å². The van der Waals surface area contributed by atoms with Crippen molar-refractivity contribution >= 4 is 17.8 Å². The van der Waals surface area contributed by atoms with Crippen LogP contribution < -0.4 is 0 Å². The summed E-state index contributed by atoms with van der Waals surface area (Å²) in [6, 6.07) is 0. The fourth-order valence-corrected chi connectivity index (χ4v) is 2.45. The minimum Gasteiger partial charge on any atom is -0.480 e. The lowest BCUT2D eigenvalue weighted by molar-refractivity contribution is -0.161. The Balaban J connectivity index is 2.36. The summed E-state index contributed by atoms with van der Waals surface area (Å²) in [4.78, 5) is 36.3. The molecule has 92 valence electrons. The molecule has 1 fully saturated rings. The first-order valence-corrected chi connectivity index (χ1v) is 5.63. The van der Waals surface area contributed by atoms with Crippen LogP contribution in [0.3, 0.4) is 0 Å². The maximum atomic E-state index is 12.1. The molecule has 0 spiro atoms. The van der Waals surface area contributed by atoms with Gasteiger partial charge in [0, 0.05) is 0 Å². The van der Waals surface area contributed by atoms with Crippen molar-refractivity contribution in [2.45, 2.75) is 32.2 Å². The van der Waals surface area contributed by atoms with Gasteiger partial charge < -0.3 is 5.11 Å². The van der Waals surface area contributed by atoms with Gasteiger partial charge in [0.05, 0.1) is 11.8 Å². The van der Waals surface area contributed by atoms with Crippen molar-refractivity contribution in [3.63, 3.8) is 0 Å². The predicted molar refractivity (Wildman–Crippen MR) is 58.9 cm³/mol. The van der Waals surface area contributed by atoms with E-state index >= 15 is 0 Å². The Labute approximate surface area is 99.1 Å². The zero-order valence-corrected chi connectivity index (χ0v) is 9.84. The molecule has 0 bridgehead atoms. The number of carbonyl (C=O) groups excluding carboxylic acids is 2. The highest BCUT2D eigenvalue weighted by Gasteiger charge is 2.54. The number of likely N-dealkylation sites (tertiary alicyclic amines) is 1.